The molecule has 17 heavy (non-hydrogen) atoms. The zero-order valence-corrected chi connectivity index (χ0v) is 10.2. The normalized spacial score (nSPS) is 10.3. The van der Waals surface area contributed by atoms with E-state index in [9.17, 15) is 8.78 Å². The highest BCUT2D eigenvalue weighted by Gasteiger charge is 2.01. The third kappa shape index (κ3) is 3.49. The van der Waals surface area contributed by atoms with E-state index >= 15 is 0 Å². The fourth-order valence-corrected chi connectivity index (χ4v) is 1.76. The lowest BCUT2D eigenvalue weighted by Gasteiger charge is -2.06. The molecule has 0 saturated heterocycles. The van der Waals surface area contributed by atoms with Gasteiger partial charge >= 0.3 is 0 Å². The Hall–Kier alpha value is -1.49. The molecule has 88 valence electrons. The van der Waals surface area contributed by atoms with Gasteiger partial charge < -0.3 is 4.74 Å². The van der Waals surface area contributed by atoms with Crippen molar-refractivity contribution in [3.63, 3.8) is 0 Å². The van der Waals surface area contributed by atoms with Crippen molar-refractivity contribution in [2.45, 2.75) is 6.61 Å². The van der Waals surface area contributed by atoms with Crippen molar-refractivity contribution in [1.82, 2.24) is 4.98 Å². The molecule has 0 spiro atoms. The summed E-state index contributed by atoms with van der Waals surface area (Å²) in [5.74, 6) is -0.445. The van der Waals surface area contributed by atoms with Crippen LogP contribution in [-0.2, 0) is 6.61 Å². The predicted molar refractivity (Wildman–Crippen MR) is 62.6 cm³/mol. The molecule has 0 amide bonds. The highest BCUT2D eigenvalue weighted by atomic mass is 79.9. The Labute approximate surface area is 105 Å². The molecular formula is C12H8BrF2NO. The Kier molecular flexibility index (Phi) is 3.68. The summed E-state index contributed by atoms with van der Waals surface area (Å²) in [6, 6.07) is 5.55. The molecule has 0 bridgehead atoms. The number of hydrogen-bond acceptors (Lipinski definition) is 2. The van der Waals surface area contributed by atoms with E-state index in [0.717, 1.165) is 6.20 Å². The minimum absolute atomic E-state index is 0.140. The van der Waals surface area contributed by atoms with Gasteiger partial charge in [-0.3, -0.25) is 4.98 Å². The summed E-state index contributed by atoms with van der Waals surface area (Å²) in [5, 5.41) is 0. The van der Waals surface area contributed by atoms with Crippen molar-refractivity contribution in [3.05, 3.63) is 58.3 Å². The molecule has 2 aromatic rings. The Morgan fingerprint density at radius 2 is 1.88 bits per heavy atom. The first-order valence-electron chi connectivity index (χ1n) is 4.82. The number of pyridine rings is 1. The summed E-state index contributed by atoms with van der Waals surface area (Å²) < 4.78 is 31.8. The molecule has 5 heteroatoms. The van der Waals surface area contributed by atoms with Crippen molar-refractivity contribution in [1.29, 1.82) is 0 Å². The molecule has 0 aliphatic rings. The zero-order valence-electron chi connectivity index (χ0n) is 8.66. The topological polar surface area (TPSA) is 22.1 Å². The monoisotopic (exact) mass is 299 g/mol. The van der Waals surface area contributed by atoms with Gasteiger partial charge in [0.1, 0.15) is 24.0 Å². The highest BCUT2D eigenvalue weighted by molar-refractivity contribution is 9.10. The lowest BCUT2D eigenvalue weighted by Crippen LogP contribution is -1.97. The van der Waals surface area contributed by atoms with E-state index < -0.39 is 11.6 Å². The van der Waals surface area contributed by atoms with Crippen LogP contribution in [0.5, 0.6) is 5.75 Å². The summed E-state index contributed by atoms with van der Waals surface area (Å²) in [6.45, 7) is 0.140. The Bertz CT molecular complexity index is 513. The molecular weight excluding hydrogens is 292 g/mol. The zero-order chi connectivity index (χ0) is 12.3. The van der Waals surface area contributed by atoms with Gasteiger partial charge in [-0.1, -0.05) is 15.9 Å². The fraction of sp³-hybridized carbons (Fsp3) is 0.0833. The van der Waals surface area contributed by atoms with E-state index in [1.54, 1.807) is 6.07 Å². The molecule has 0 fully saturated rings. The maximum Gasteiger partial charge on any atom is 0.141 e. The fourth-order valence-electron chi connectivity index (χ4n) is 1.31. The number of rotatable bonds is 3. The molecule has 0 atom stereocenters. The number of benzene rings is 1. The van der Waals surface area contributed by atoms with Crippen molar-refractivity contribution in [3.8, 4) is 5.75 Å². The lowest BCUT2D eigenvalue weighted by molar-refractivity contribution is 0.303. The van der Waals surface area contributed by atoms with Gasteiger partial charge in [-0.2, -0.15) is 0 Å². The SMILES string of the molecule is Fc1cncc(COc2cc(F)cc(Br)c2)c1. The van der Waals surface area contributed by atoms with Crippen molar-refractivity contribution < 1.29 is 13.5 Å². The third-order valence-corrected chi connectivity index (χ3v) is 2.46. The first kappa shape index (κ1) is 12.0. The minimum Gasteiger partial charge on any atom is -0.489 e. The van der Waals surface area contributed by atoms with E-state index in [4.69, 9.17) is 4.74 Å². The molecule has 1 heterocycles. The molecule has 2 nitrogen and oxygen atoms in total. The number of ether oxygens (including phenoxy) is 1. The summed E-state index contributed by atoms with van der Waals surface area (Å²) >= 11 is 3.16. The maximum atomic E-state index is 13.0. The van der Waals surface area contributed by atoms with Gasteiger partial charge in [-0.25, -0.2) is 8.78 Å². The smallest absolute Gasteiger partial charge is 0.141 e. The Morgan fingerprint density at radius 1 is 1.06 bits per heavy atom. The van der Waals surface area contributed by atoms with Crippen LogP contribution in [0.15, 0.2) is 41.1 Å². The van der Waals surface area contributed by atoms with E-state index in [1.165, 1.54) is 24.4 Å². The van der Waals surface area contributed by atoms with Gasteiger partial charge in [-0.05, 0) is 18.2 Å². The van der Waals surface area contributed by atoms with Gasteiger partial charge in [0.15, 0.2) is 0 Å². The van der Waals surface area contributed by atoms with Crippen LogP contribution in [0.25, 0.3) is 0 Å². The summed E-state index contributed by atoms with van der Waals surface area (Å²) in [6.07, 6.45) is 2.61. The van der Waals surface area contributed by atoms with Crippen LogP contribution >= 0.6 is 15.9 Å². The molecule has 0 N–H and O–H groups in total. The van der Waals surface area contributed by atoms with Gasteiger partial charge in [-0.15, -0.1) is 0 Å². The number of nitrogens with zero attached hydrogens (tertiary/aromatic N) is 1. The molecule has 1 aromatic heterocycles. The van der Waals surface area contributed by atoms with Gasteiger partial charge in [0.25, 0.3) is 0 Å². The minimum atomic E-state index is -0.425. The third-order valence-electron chi connectivity index (χ3n) is 2.00. The molecule has 0 aliphatic carbocycles. The quantitative estimate of drug-likeness (QED) is 0.862. The molecule has 0 aliphatic heterocycles. The van der Waals surface area contributed by atoms with E-state index in [1.807, 2.05) is 0 Å². The summed E-state index contributed by atoms with van der Waals surface area (Å²) in [5.41, 5.74) is 0.588. The van der Waals surface area contributed by atoms with Crippen LogP contribution in [0.1, 0.15) is 5.56 Å². The molecule has 0 radical (unpaired) electrons. The average molecular weight is 300 g/mol. The van der Waals surface area contributed by atoms with E-state index in [2.05, 4.69) is 20.9 Å². The van der Waals surface area contributed by atoms with Crippen molar-refractivity contribution >= 4 is 15.9 Å². The van der Waals surface area contributed by atoms with Gasteiger partial charge in [0, 0.05) is 22.3 Å². The van der Waals surface area contributed by atoms with Crippen LogP contribution in [0.4, 0.5) is 8.78 Å². The summed E-state index contributed by atoms with van der Waals surface area (Å²) in [7, 11) is 0. The van der Waals surface area contributed by atoms with Crippen LogP contribution in [-0.4, -0.2) is 4.98 Å². The molecule has 0 unspecified atom stereocenters. The molecule has 1 aromatic carbocycles. The largest absolute Gasteiger partial charge is 0.489 e. The Balaban J connectivity index is 2.07. The average Bonchev–Trinajstić information content (AvgIpc) is 2.25. The lowest BCUT2D eigenvalue weighted by atomic mass is 10.3. The number of aromatic nitrogens is 1. The van der Waals surface area contributed by atoms with Crippen LogP contribution < -0.4 is 4.74 Å². The first-order chi connectivity index (χ1) is 8.13. The Morgan fingerprint density at radius 3 is 2.59 bits per heavy atom. The van der Waals surface area contributed by atoms with Gasteiger partial charge in [0.05, 0.1) is 6.20 Å². The summed E-state index contributed by atoms with van der Waals surface area (Å²) in [4.78, 5) is 3.69. The van der Waals surface area contributed by atoms with Crippen LogP contribution in [0.3, 0.4) is 0 Å². The highest BCUT2D eigenvalue weighted by Crippen LogP contribution is 2.21. The van der Waals surface area contributed by atoms with Gasteiger partial charge in [0.2, 0.25) is 0 Å². The second-order valence-electron chi connectivity index (χ2n) is 3.41. The maximum absolute atomic E-state index is 13.0. The second-order valence-corrected chi connectivity index (χ2v) is 4.32. The molecule has 2 rings (SSSR count). The van der Waals surface area contributed by atoms with Crippen LogP contribution in [0, 0.1) is 11.6 Å². The van der Waals surface area contributed by atoms with E-state index in [0.29, 0.717) is 15.8 Å². The van der Waals surface area contributed by atoms with E-state index in [-0.39, 0.29) is 6.61 Å². The first-order valence-corrected chi connectivity index (χ1v) is 5.61. The second kappa shape index (κ2) is 5.23. The molecule has 0 saturated carbocycles. The van der Waals surface area contributed by atoms with Crippen molar-refractivity contribution in [2.24, 2.45) is 0 Å². The van der Waals surface area contributed by atoms with Crippen molar-refractivity contribution in [2.75, 3.05) is 0 Å². The number of halogens is 3. The predicted octanol–water partition coefficient (Wildman–Crippen LogP) is 3.70. The van der Waals surface area contributed by atoms with Crippen LogP contribution in [0.2, 0.25) is 0 Å². The number of hydrogen-bond donors (Lipinski definition) is 0. The standard InChI is InChI=1S/C12H8BrF2NO/c13-9-2-10(14)4-12(3-9)17-7-8-1-11(15)6-16-5-8/h1-6H,7H2.